The fourth-order valence-electron chi connectivity index (χ4n) is 2.11. The molecule has 2 aromatic heterocycles. The number of pyridine rings is 2. The first-order valence-corrected chi connectivity index (χ1v) is 6.94. The molecule has 1 atom stereocenters. The van der Waals surface area contributed by atoms with Crippen LogP contribution in [0.2, 0.25) is 0 Å². The van der Waals surface area contributed by atoms with Crippen molar-refractivity contribution in [2.75, 3.05) is 13.3 Å². The van der Waals surface area contributed by atoms with E-state index in [4.69, 9.17) is 4.74 Å². The Morgan fingerprint density at radius 1 is 1.18 bits per heavy atom. The molecular weight excluding hydrogens is 283 g/mol. The number of hydrogen-bond acceptors (Lipinski definition) is 4. The number of halogens is 1. The molecule has 0 spiro atoms. The molecule has 0 saturated carbocycles. The first-order chi connectivity index (χ1) is 10.8. The van der Waals surface area contributed by atoms with Crippen LogP contribution in [0, 0.1) is 0 Å². The number of aliphatic hydroxyl groups excluding tert-OH is 1. The van der Waals surface area contributed by atoms with Gasteiger partial charge in [-0.15, -0.1) is 0 Å². The van der Waals surface area contributed by atoms with Crippen molar-refractivity contribution in [3.63, 3.8) is 0 Å². The van der Waals surface area contributed by atoms with E-state index in [1.54, 1.807) is 18.5 Å². The average Bonchev–Trinajstić information content (AvgIpc) is 2.59. The molecule has 0 aliphatic carbocycles. The zero-order valence-corrected chi connectivity index (χ0v) is 11.8. The molecule has 22 heavy (non-hydrogen) atoms. The van der Waals surface area contributed by atoms with Gasteiger partial charge in [-0.1, -0.05) is 6.07 Å². The van der Waals surface area contributed by atoms with Gasteiger partial charge >= 0.3 is 0 Å². The zero-order chi connectivity index (χ0) is 15.4. The summed E-state index contributed by atoms with van der Waals surface area (Å²) >= 11 is 0. The maximum absolute atomic E-state index is 12.2. The third-order valence-electron chi connectivity index (χ3n) is 3.24. The van der Waals surface area contributed by atoms with Crippen molar-refractivity contribution >= 4 is 10.9 Å². The highest BCUT2D eigenvalue weighted by Gasteiger charge is 2.06. The molecule has 112 valence electrons. The first kappa shape index (κ1) is 14.4. The number of benzene rings is 1. The van der Waals surface area contributed by atoms with Crippen molar-refractivity contribution < 1.29 is 14.2 Å². The van der Waals surface area contributed by atoms with Gasteiger partial charge in [-0.25, -0.2) is 9.37 Å². The summed E-state index contributed by atoms with van der Waals surface area (Å²) < 4.78 is 17.6. The van der Waals surface area contributed by atoms with E-state index in [9.17, 15) is 9.50 Å². The van der Waals surface area contributed by atoms with Gasteiger partial charge in [-0.05, 0) is 36.4 Å². The van der Waals surface area contributed by atoms with E-state index >= 15 is 0 Å². The number of nitrogens with zero attached hydrogens (tertiary/aromatic N) is 2. The van der Waals surface area contributed by atoms with E-state index in [0.29, 0.717) is 5.75 Å². The Balaban J connectivity index is 1.85. The number of alkyl halides is 1. The minimum absolute atomic E-state index is 0.0663. The van der Waals surface area contributed by atoms with Crippen LogP contribution < -0.4 is 4.74 Å². The van der Waals surface area contributed by atoms with E-state index in [1.807, 2.05) is 36.4 Å². The second kappa shape index (κ2) is 6.49. The van der Waals surface area contributed by atoms with E-state index < -0.39 is 12.8 Å². The van der Waals surface area contributed by atoms with Gasteiger partial charge in [0.25, 0.3) is 0 Å². The van der Waals surface area contributed by atoms with Gasteiger partial charge in [0.15, 0.2) is 0 Å². The van der Waals surface area contributed by atoms with Crippen LogP contribution in [0.5, 0.6) is 5.75 Å². The Morgan fingerprint density at radius 2 is 2.09 bits per heavy atom. The number of ether oxygens (including phenoxy) is 1. The third-order valence-corrected chi connectivity index (χ3v) is 3.24. The molecule has 0 fully saturated rings. The Hall–Kier alpha value is -2.53. The lowest BCUT2D eigenvalue weighted by Gasteiger charge is -2.10. The molecule has 1 unspecified atom stereocenters. The Morgan fingerprint density at radius 3 is 2.86 bits per heavy atom. The molecule has 0 saturated heterocycles. The van der Waals surface area contributed by atoms with Gasteiger partial charge < -0.3 is 9.84 Å². The minimum atomic E-state index is -1.10. The summed E-state index contributed by atoms with van der Waals surface area (Å²) in [5.74, 6) is 0.580. The molecule has 2 heterocycles. The summed E-state index contributed by atoms with van der Waals surface area (Å²) in [6.45, 7) is -0.882. The highest BCUT2D eigenvalue weighted by Crippen LogP contribution is 2.23. The fraction of sp³-hybridized carbons (Fsp3) is 0.176. The van der Waals surface area contributed by atoms with E-state index in [-0.39, 0.29) is 6.61 Å². The molecule has 3 rings (SSSR count). The monoisotopic (exact) mass is 298 g/mol. The van der Waals surface area contributed by atoms with Crippen LogP contribution in [0.1, 0.15) is 0 Å². The highest BCUT2D eigenvalue weighted by atomic mass is 19.1. The van der Waals surface area contributed by atoms with Crippen LogP contribution in [0.15, 0.2) is 54.9 Å². The van der Waals surface area contributed by atoms with Crippen molar-refractivity contribution in [1.82, 2.24) is 9.97 Å². The maximum atomic E-state index is 12.2. The summed E-state index contributed by atoms with van der Waals surface area (Å²) in [5, 5.41) is 10.1. The van der Waals surface area contributed by atoms with Gasteiger partial charge in [0.05, 0.1) is 11.2 Å². The Bertz CT molecular complexity index is 765. The standard InChI is InChI=1S/C17H15FN2O2/c18-9-14(21)11-22-15-4-6-16-12(8-15)3-5-17(20-16)13-2-1-7-19-10-13/h1-8,10,14,21H,9,11H2. The molecule has 0 aliphatic rings. The number of fused-ring (bicyclic) bond motifs is 1. The Kier molecular flexibility index (Phi) is 4.25. The van der Waals surface area contributed by atoms with Gasteiger partial charge in [0.2, 0.25) is 0 Å². The number of aromatic nitrogens is 2. The molecule has 3 aromatic rings. The van der Waals surface area contributed by atoms with E-state index in [2.05, 4.69) is 9.97 Å². The van der Waals surface area contributed by atoms with Crippen LogP contribution in [0.25, 0.3) is 22.2 Å². The number of rotatable bonds is 5. The first-order valence-electron chi connectivity index (χ1n) is 6.94. The van der Waals surface area contributed by atoms with Crippen molar-refractivity contribution in [3.05, 3.63) is 54.9 Å². The SMILES string of the molecule is OC(CF)COc1ccc2nc(-c3cccnc3)ccc2c1. The summed E-state index contributed by atoms with van der Waals surface area (Å²) in [5.41, 5.74) is 2.64. The van der Waals surface area contributed by atoms with Crippen LogP contribution in [-0.4, -0.2) is 34.5 Å². The van der Waals surface area contributed by atoms with E-state index in [1.165, 1.54) is 0 Å². The zero-order valence-electron chi connectivity index (χ0n) is 11.8. The van der Waals surface area contributed by atoms with Gasteiger partial charge in [0, 0.05) is 23.3 Å². The largest absolute Gasteiger partial charge is 0.491 e. The molecule has 4 nitrogen and oxygen atoms in total. The molecule has 0 bridgehead atoms. The topological polar surface area (TPSA) is 55.2 Å². The molecule has 0 amide bonds. The summed E-state index contributed by atoms with van der Waals surface area (Å²) in [4.78, 5) is 8.68. The quantitative estimate of drug-likeness (QED) is 0.786. The van der Waals surface area contributed by atoms with Gasteiger partial charge in [-0.2, -0.15) is 0 Å². The number of aliphatic hydroxyl groups is 1. The van der Waals surface area contributed by atoms with Crippen LogP contribution >= 0.6 is 0 Å². The molecule has 5 heteroatoms. The normalized spacial score (nSPS) is 12.3. The average molecular weight is 298 g/mol. The molecular formula is C17H15FN2O2. The predicted molar refractivity (Wildman–Crippen MR) is 82.5 cm³/mol. The van der Waals surface area contributed by atoms with Gasteiger partial charge in [-0.3, -0.25) is 4.98 Å². The lowest BCUT2D eigenvalue weighted by molar-refractivity contribution is 0.0842. The van der Waals surface area contributed by atoms with Crippen LogP contribution in [-0.2, 0) is 0 Å². The van der Waals surface area contributed by atoms with Gasteiger partial charge in [0.1, 0.15) is 25.1 Å². The van der Waals surface area contributed by atoms with Crippen LogP contribution in [0.4, 0.5) is 4.39 Å². The predicted octanol–water partition coefficient (Wildman–Crippen LogP) is 3.01. The second-order valence-electron chi connectivity index (χ2n) is 4.91. The lowest BCUT2D eigenvalue weighted by atomic mass is 10.1. The smallest absolute Gasteiger partial charge is 0.120 e. The lowest BCUT2D eigenvalue weighted by Crippen LogP contribution is -2.19. The summed E-state index contributed by atoms with van der Waals surface area (Å²) in [7, 11) is 0. The van der Waals surface area contributed by atoms with Crippen molar-refractivity contribution in [1.29, 1.82) is 0 Å². The molecule has 1 aromatic carbocycles. The summed E-state index contributed by atoms with van der Waals surface area (Å²) in [6, 6.07) is 13.1. The molecule has 0 radical (unpaired) electrons. The van der Waals surface area contributed by atoms with Crippen molar-refractivity contribution in [2.45, 2.75) is 6.10 Å². The highest BCUT2D eigenvalue weighted by molar-refractivity contribution is 5.82. The molecule has 0 aliphatic heterocycles. The summed E-state index contributed by atoms with van der Waals surface area (Å²) in [6.07, 6.45) is 2.39. The van der Waals surface area contributed by atoms with Crippen LogP contribution in [0.3, 0.4) is 0 Å². The minimum Gasteiger partial charge on any atom is -0.491 e. The third kappa shape index (κ3) is 3.20. The van der Waals surface area contributed by atoms with Crippen molar-refractivity contribution in [2.24, 2.45) is 0 Å². The number of hydrogen-bond donors (Lipinski definition) is 1. The second-order valence-corrected chi connectivity index (χ2v) is 4.91. The van der Waals surface area contributed by atoms with E-state index in [0.717, 1.165) is 22.2 Å². The molecule has 1 N–H and O–H groups in total. The maximum Gasteiger partial charge on any atom is 0.120 e. The van der Waals surface area contributed by atoms with Crippen molar-refractivity contribution in [3.8, 4) is 17.0 Å². The fourth-order valence-corrected chi connectivity index (χ4v) is 2.11. The Labute approximate surface area is 127 Å².